The second kappa shape index (κ2) is 6.57. The minimum atomic E-state index is -0.257. The number of nitrogens with zero attached hydrogens (tertiary/aromatic N) is 2. The Morgan fingerprint density at radius 1 is 1.32 bits per heavy atom. The number of rotatable bonds is 2. The number of carbonyl (C=O) groups is 1. The average Bonchev–Trinajstić information content (AvgIpc) is 2.98. The van der Waals surface area contributed by atoms with E-state index in [1.807, 2.05) is 11.9 Å². The molecule has 2 saturated heterocycles. The summed E-state index contributed by atoms with van der Waals surface area (Å²) in [4.78, 5) is 17.2. The van der Waals surface area contributed by atoms with Crippen LogP contribution in [0.2, 0.25) is 0 Å². The number of halogens is 1. The summed E-state index contributed by atoms with van der Waals surface area (Å²) in [6, 6.07) is 4.72. The molecule has 136 valence electrons. The number of ether oxygens (including phenoxy) is 2. The zero-order valence-electron chi connectivity index (χ0n) is 14.8. The number of amides is 1. The van der Waals surface area contributed by atoms with Crippen LogP contribution in [0.5, 0.6) is 5.75 Å². The van der Waals surface area contributed by atoms with E-state index in [-0.39, 0.29) is 35.7 Å². The highest BCUT2D eigenvalue weighted by atomic mass is 19.1. The largest absolute Gasteiger partial charge is 0.493 e. The molecule has 1 amide bonds. The van der Waals surface area contributed by atoms with E-state index in [0.29, 0.717) is 13.2 Å². The molecule has 2 fully saturated rings. The Bertz CT molecular complexity index is 660. The zero-order chi connectivity index (χ0) is 17.6. The van der Waals surface area contributed by atoms with Gasteiger partial charge in [0.25, 0.3) is 0 Å². The summed E-state index contributed by atoms with van der Waals surface area (Å²) in [5.41, 5.74) is 0.868. The zero-order valence-corrected chi connectivity index (χ0v) is 14.8. The van der Waals surface area contributed by atoms with Crippen molar-refractivity contribution < 1.29 is 18.7 Å². The third-order valence-electron chi connectivity index (χ3n) is 6.01. The third-order valence-corrected chi connectivity index (χ3v) is 6.01. The number of piperidine rings is 1. The van der Waals surface area contributed by atoms with Gasteiger partial charge in [0.1, 0.15) is 11.6 Å². The number of hydrogen-bond acceptors (Lipinski definition) is 4. The molecule has 0 aliphatic carbocycles. The normalized spacial score (nSPS) is 29.9. The quantitative estimate of drug-likeness (QED) is 0.821. The molecule has 25 heavy (non-hydrogen) atoms. The molecule has 3 aliphatic rings. The lowest BCUT2D eigenvalue weighted by molar-refractivity contribution is -0.139. The number of benzene rings is 1. The number of hydrogen-bond donors (Lipinski definition) is 0. The fourth-order valence-electron chi connectivity index (χ4n) is 4.66. The lowest BCUT2D eigenvalue weighted by Gasteiger charge is -2.36. The van der Waals surface area contributed by atoms with E-state index < -0.39 is 0 Å². The molecule has 6 heteroatoms. The smallest absolute Gasteiger partial charge is 0.227 e. The number of carbonyl (C=O) groups excluding carboxylic acids is 1. The summed E-state index contributed by atoms with van der Waals surface area (Å²) in [5.74, 6) is 0.672. The van der Waals surface area contributed by atoms with E-state index in [2.05, 4.69) is 4.90 Å². The van der Waals surface area contributed by atoms with E-state index >= 15 is 0 Å². The summed E-state index contributed by atoms with van der Waals surface area (Å²) in [7, 11) is 3.75. The van der Waals surface area contributed by atoms with E-state index in [4.69, 9.17) is 9.47 Å². The molecule has 5 nitrogen and oxygen atoms in total. The average molecular weight is 348 g/mol. The molecule has 1 aromatic carbocycles. The van der Waals surface area contributed by atoms with Gasteiger partial charge in [-0.3, -0.25) is 9.69 Å². The van der Waals surface area contributed by atoms with E-state index in [0.717, 1.165) is 37.2 Å². The van der Waals surface area contributed by atoms with Crippen molar-refractivity contribution in [3.8, 4) is 5.75 Å². The first-order chi connectivity index (χ1) is 12.1. The topological polar surface area (TPSA) is 42.0 Å². The Morgan fingerprint density at radius 3 is 2.80 bits per heavy atom. The Morgan fingerprint density at radius 2 is 2.08 bits per heavy atom. The molecule has 0 unspecified atom stereocenters. The van der Waals surface area contributed by atoms with E-state index in [1.165, 1.54) is 6.07 Å². The molecule has 3 heterocycles. The SMILES string of the molecule is COC1CCN(C(=O)[C@@H]2CN(C)[C@H]3c4cc(F)ccc4OC[C@@H]23)CC1. The van der Waals surface area contributed by atoms with Crippen LogP contribution in [0, 0.1) is 17.7 Å². The van der Waals surface area contributed by atoms with Crippen LogP contribution in [0.15, 0.2) is 18.2 Å². The first-order valence-corrected chi connectivity index (χ1v) is 9.02. The Labute approximate surface area is 147 Å². The molecule has 0 saturated carbocycles. The van der Waals surface area contributed by atoms with Gasteiger partial charge in [-0.2, -0.15) is 0 Å². The van der Waals surface area contributed by atoms with E-state index in [1.54, 1.807) is 19.2 Å². The first-order valence-electron chi connectivity index (χ1n) is 9.02. The summed E-state index contributed by atoms with van der Waals surface area (Å²) < 4.78 is 25.0. The molecular weight excluding hydrogens is 323 g/mol. The molecule has 0 aromatic heterocycles. The standard InChI is InChI=1S/C19H25FN2O3/c1-21-10-15(19(23)22-7-5-13(24-2)6-8-22)16-11-25-17-4-3-12(20)9-14(17)18(16)21/h3-4,9,13,15-16,18H,5-8,10-11H2,1-2H3/t15-,16+,18+/m1/s1. The Kier molecular flexibility index (Phi) is 4.41. The van der Waals surface area contributed by atoms with Crippen LogP contribution in [0.3, 0.4) is 0 Å². The predicted molar refractivity (Wildman–Crippen MR) is 90.9 cm³/mol. The maximum absolute atomic E-state index is 13.7. The van der Waals surface area contributed by atoms with Crippen LogP contribution in [-0.2, 0) is 9.53 Å². The minimum Gasteiger partial charge on any atom is -0.493 e. The van der Waals surface area contributed by atoms with Gasteiger partial charge in [-0.05, 0) is 38.1 Å². The number of fused-ring (bicyclic) bond motifs is 3. The van der Waals surface area contributed by atoms with Crippen LogP contribution < -0.4 is 4.74 Å². The number of methoxy groups -OCH3 is 1. The predicted octanol–water partition coefficient (Wildman–Crippen LogP) is 2.07. The minimum absolute atomic E-state index is 0.0462. The summed E-state index contributed by atoms with van der Waals surface area (Å²) >= 11 is 0. The van der Waals surface area contributed by atoms with Gasteiger partial charge in [0.2, 0.25) is 5.91 Å². The van der Waals surface area contributed by atoms with Crippen LogP contribution in [0.25, 0.3) is 0 Å². The van der Waals surface area contributed by atoms with Crippen molar-refractivity contribution in [3.05, 3.63) is 29.6 Å². The van der Waals surface area contributed by atoms with Gasteiger partial charge in [-0.15, -0.1) is 0 Å². The molecule has 0 spiro atoms. The fraction of sp³-hybridized carbons (Fsp3) is 0.632. The second-order valence-electron chi connectivity index (χ2n) is 7.41. The lowest BCUT2D eigenvalue weighted by Crippen LogP contribution is -2.46. The molecular formula is C19H25FN2O3. The molecule has 1 aromatic rings. The second-order valence-corrected chi connectivity index (χ2v) is 7.41. The van der Waals surface area contributed by atoms with Crippen molar-refractivity contribution in [2.45, 2.75) is 25.0 Å². The van der Waals surface area contributed by atoms with Gasteiger partial charge in [0.15, 0.2) is 0 Å². The van der Waals surface area contributed by atoms with Crippen LogP contribution in [0.1, 0.15) is 24.4 Å². The molecule has 3 atom stereocenters. The van der Waals surface area contributed by atoms with Crippen molar-refractivity contribution in [1.82, 2.24) is 9.80 Å². The summed E-state index contributed by atoms with van der Waals surface area (Å²) in [5, 5.41) is 0. The number of likely N-dealkylation sites (tertiary alicyclic amines) is 2. The Hall–Kier alpha value is -1.66. The van der Waals surface area contributed by atoms with Crippen LogP contribution in [-0.4, -0.2) is 62.2 Å². The lowest BCUT2D eigenvalue weighted by atomic mass is 9.84. The van der Waals surface area contributed by atoms with Gasteiger partial charge >= 0.3 is 0 Å². The first kappa shape index (κ1) is 16.8. The van der Waals surface area contributed by atoms with Crippen molar-refractivity contribution in [2.24, 2.45) is 11.8 Å². The molecule has 0 N–H and O–H groups in total. The van der Waals surface area contributed by atoms with Gasteiger partial charge in [0, 0.05) is 44.3 Å². The van der Waals surface area contributed by atoms with Gasteiger partial charge < -0.3 is 14.4 Å². The van der Waals surface area contributed by atoms with Gasteiger partial charge in [-0.1, -0.05) is 0 Å². The Balaban J connectivity index is 1.53. The fourth-order valence-corrected chi connectivity index (χ4v) is 4.66. The van der Waals surface area contributed by atoms with Crippen molar-refractivity contribution in [1.29, 1.82) is 0 Å². The van der Waals surface area contributed by atoms with Crippen molar-refractivity contribution >= 4 is 5.91 Å². The highest BCUT2D eigenvalue weighted by Crippen LogP contribution is 2.47. The maximum Gasteiger partial charge on any atom is 0.227 e. The highest BCUT2D eigenvalue weighted by molar-refractivity contribution is 5.80. The molecule has 3 aliphatic heterocycles. The summed E-state index contributed by atoms with van der Waals surface area (Å²) in [6.07, 6.45) is 2.04. The molecule has 0 bridgehead atoms. The van der Waals surface area contributed by atoms with Crippen molar-refractivity contribution in [3.63, 3.8) is 0 Å². The molecule has 4 rings (SSSR count). The van der Waals surface area contributed by atoms with Crippen LogP contribution >= 0.6 is 0 Å². The van der Waals surface area contributed by atoms with Gasteiger partial charge in [0.05, 0.1) is 18.6 Å². The maximum atomic E-state index is 13.7. The molecule has 0 radical (unpaired) electrons. The van der Waals surface area contributed by atoms with Crippen molar-refractivity contribution in [2.75, 3.05) is 40.4 Å². The third kappa shape index (κ3) is 2.91. The van der Waals surface area contributed by atoms with Gasteiger partial charge in [-0.25, -0.2) is 4.39 Å². The highest BCUT2D eigenvalue weighted by Gasteiger charge is 2.49. The van der Waals surface area contributed by atoms with E-state index in [9.17, 15) is 9.18 Å². The van der Waals surface area contributed by atoms with Crippen LogP contribution in [0.4, 0.5) is 4.39 Å². The summed E-state index contributed by atoms with van der Waals surface area (Å²) in [6.45, 7) is 2.71. The monoisotopic (exact) mass is 348 g/mol.